The van der Waals surface area contributed by atoms with Gasteiger partial charge in [0, 0.05) is 24.4 Å². The number of carbonyl (C=O) groups excluding carboxylic acids is 1. The Balaban J connectivity index is 1.51. The molecule has 3 aromatic rings. The van der Waals surface area contributed by atoms with Crippen LogP contribution < -0.4 is 4.74 Å². The van der Waals surface area contributed by atoms with Gasteiger partial charge < -0.3 is 14.4 Å². The summed E-state index contributed by atoms with van der Waals surface area (Å²) in [5.41, 5.74) is 1.46. The number of amides is 1. The van der Waals surface area contributed by atoms with E-state index in [2.05, 4.69) is 10.2 Å². The van der Waals surface area contributed by atoms with Crippen LogP contribution in [0, 0.1) is 11.7 Å². The predicted molar refractivity (Wildman–Crippen MR) is 117 cm³/mol. The molecule has 4 rings (SSSR count). The van der Waals surface area contributed by atoms with E-state index in [-0.39, 0.29) is 23.7 Å². The Labute approximate surface area is 181 Å². The maximum absolute atomic E-state index is 13.4. The van der Waals surface area contributed by atoms with Crippen LogP contribution >= 0.6 is 0 Å². The second-order valence-corrected chi connectivity index (χ2v) is 9.06. The lowest BCUT2D eigenvalue weighted by molar-refractivity contribution is 0.0111. The molecule has 1 fully saturated rings. The Bertz CT molecular complexity index is 1040. The lowest BCUT2D eigenvalue weighted by Gasteiger charge is -2.39. The molecule has 1 aliphatic rings. The van der Waals surface area contributed by atoms with Gasteiger partial charge in [0.1, 0.15) is 17.2 Å². The van der Waals surface area contributed by atoms with Crippen LogP contribution in [0.5, 0.6) is 5.75 Å². The summed E-state index contributed by atoms with van der Waals surface area (Å²) in [4.78, 5) is 14.4. The normalized spacial score (nSPS) is 19.4. The molecule has 0 saturated carbocycles. The highest BCUT2D eigenvalue weighted by Gasteiger charge is 2.34. The number of halogens is 1. The molecule has 1 aliphatic heterocycles. The van der Waals surface area contributed by atoms with Crippen molar-refractivity contribution in [3.8, 4) is 5.75 Å². The van der Waals surface area contributed by atoms with Gasteiger partial charge in [-0.25, -0.2) is 9.18 Å². The smallest absolute Gasteiger partial charge is 0.410 e. The first-order chi connectivity index (χ1) is 14.8. The van der Waals surface area contributed by atoms with E-state index in [4.69, 9.17) is 9.47 Å². The van der Waals surface area contributed by atoms with E-state index in [1.165, 1.54) is 12.1 Å². The summed E-state index contributed by atoms with van der Waals surface area (Å²) < 4.78 is 25.1. The summed E-state index contributed by atoms with van der Waals surface area (Å²) >= 11 is 0. The fourth-order valence-corrected chi connectivity index (χ4v) is 4.06. The van der Waals surface area contributed by atoms with E-state index in [0.717, 1.165) is 28.6 Å². The molecule has 2 atom stereocenters. The number of nitrogens with zero attached hydrogens (tertiary/aromatic N) is 2. The summed E-state index contributed by atoms with van der Waals surface area (Å²) in [6.07, 6.45) is 2.21. The molecule has 0 radical (unpaired) electrons. The van der Waals surface area contributed by atoms with Gasteiger partial charge in [0.05, 0.1) is 18.3 Å². The van der Waals surface area contributed by atoms with Crippen molar-refractivity contribution in [1.82, 2.24) is 15.1 Å². The number of rotatable bonds is 4. The monoisotopic (exact) mass is 425 g/mol. The number of piperidine rings is 1. The maximum Gasteiger partial charge on any atom is 0.410 e. The van der Waals surface area contributed by atoms with Crippen molar-refractivity contribution in [2.24, 2.45) is 5.92 Å². The van der Waals surface area contributed by atoms with Gasteiger partial charge in [-0.3, -0.25) is 5.10 Å². The van der Waals surface area contributed by atoms with Crippen LogP contribution in [-0.2, 0) is 4.74 Å². The Morgan fingerprint density at radius 1 is 1.23 bits per heavy atom. The highest BCUT2D eigenvalue weighted by Crippen LogP contribution is 2.34. The summed E-state index contributed by atoms with van der Waals surface area (Å²) in [5, 5.41) is 7.95. The van der Waals surface area contributed by atoms with Crippen LogP contribution in [0.15, 0.2) is 48.7 Å². The standard InChI is InChI=1S/C24H28FN3O3/c1-24(2,3)31-23(29)28-11-10-21(16-4-6-19(25)7-5-16)18(14-28)15-30-20-8-9-22-17(12-20)13-26-27-22/h4-9,12-13,18,21H,10-11,14-15H2,1-3H3,(H,26,27)/t18-,21-/m0/s1. The van der Waals surface area contributed by atoms with Crippen LogP contribution in [-0.4, -0.2) is 46.5 Å². The Kier molecular flexibility index (Phi) is 5.85. The van der Waals surface area contributed by atoms with Crippen LogP contribution in [0.2, 0.25) is 0 Å². The van der Waals surface area contributed by atoms with Gasteiger partial charge >= 0.3 is 6.09 Å². The quantitative estimate of drug-likeness (QED) is 0.630. The number of carbonyl (C=O) groups is 1. The number of H-pyrrole nitrogens is 1. The molecule has 1 amide bonds. The second-order valence-electron chi connectivity index (χ2n) is 9.06. The van der Waals surface area contributed by atoms with Crippen LogP contribution in [0.4, 0.5) is 9.18 Å². The number of nitrogens with one attached hydrogen (secondary N) is 1. The number of benzene rings is 2. The van der Waals surface area contributed by atoms with Gasteiger partial charge in [-0.1, -0.05) is 12.1 Å². The summed E-state index contributed by atoms with van der Waals surface area (Å²) in [6.45, 7) is 7.14. The number of aromatic nitrogens is 2. The molecule has 2 heterocycles. The first-order valence-electron chi connectivity index (χ1n) is 10.6. The molecule has 31 heavy (non-hydrogen) atoms. The average Bonchev–Trinajstić information content (AvgIpc) is 3.19. The number of fused-ring (bicyclic) bond motifs is 1. The number of aromatic amines is 1. The molecule has 2 aromatic carbocycles. The van der Waals surface area contributed by atoms with Crippen molar-refractivity contribution in [3.63, 3.8) is 0 Å². The molecule has 7 heteroatoms. The largest absolute Gasteiger partial charge is 0.493 e. The number of likely N-dealkylation sites (tertiary alicyclic amines) is 1. The first-order valence-corrected chi connectivity index (χ1v) is 10.6. The van der Waals surface area contributed by atoms with E-state index in [9.17, 15) is 9.18 Å². The van der Waals surface area contributed by atoms with E-state index in [1.807, 2.05) is 51.1 Å². The third kappa shape index (κ3) is 5.16. The van der Waals surface area contributed by atoms with Crippen LogP contribution in [0.1, 0.15) is 38.7 Å². The third-order valence-electron chi connectivity index (χ3n) is 5.56. The summed E-state index contributed by atoms with van der Waals surface area (Å²) in [5.74, 6) is 0.709. The molecule has 1 N–H and O–H groups in total. The zero-order valence-electron chi connectivity index (χ0n) is 18.1. The predicted octanol–water partition coefficient (Wildman–Crippen LogP) is 5.12. The Morgan fingerprint density at radius 2 is 2.00 bits per heavy atom. The average molecular weight is 426 g/mol. The topological polar surface area (TPSA) is 67.4 Å². The molecule has 1 saturated heterocycles. The van der Waals surface area contributed by atoms with Gasteiger partial charge in [0.25, 0.3) is 0 Å². The number of ether oxygens (including phenoxy) is 2. The number of hydrogen-bond donors (Lipinski definition) is 1. The highest BCUT2D eigenvalue weighted by molar-refractivity contribution is 5.79. The van der Waals surface area contributed by atoms with Crippen molar-refractivity contribution < 1.29 is 18.7 Å². The van der Waals surface area contributed by atoms with Crippen molar-refractivity contribution in [2.75, 3.05) is 19.7 Å². The van der Waals surface area contributed by atoms with Gasteiger partial charge in [-0.05, 0) is 69.0 Å². The van der Waals surface area contributed by atoms with Gasteiger partial charge in [0.2, 0.25) is 0 Å². The van der Waals surface area contributed by atoms with Crippen LogP contribution in [0.3, 0.4) is 0 Å². The molecule has 164 valence electrons. The Hall–Kier alpha value is -3.09. The fourth-order valence-electron chi connectivity index (χ4n) is 4.06. The van der Waals surface area contributed by atoms with Crippen molar-refractivity contribution in [2.45, 2.75) is 38.7 Å². The van der Waals surface area contributed by atoms with E-state index in [1.54, 1.807) is 11.1 Å². The molecule has 0 unspecified atom stereocenters. The zero-order chi connectivity index (χ0) is 22.0. The summed E-state index contributed by atoms with van der Waals surface area (Å²) in [6, 6.07) is 12.4. The van der Waals surface area contributed by atoms with Gasteiger partial charge in [-0.2, -0.15) is 5.10 Å². The van der Waals surface area contributed by atoms with E-state index >= 15 is 0 Å². The van der Waals surface area contributed by atoms with Crippen molar-refractivity contribution in [3.05, 3.63) is 60.0 Å². The molecular formula is C24H28FN3O3. The van der Waals surface area contributed by atoms with E-state index in [0.29, 0.717) is 19.7 Å². The van der Waals surface area contributed by atoms with Crippen molar-refractivity contribution >= 4 is 17.0 Å². The second kappa shape index (κ2) is 8.57. The highest BCUT2D eigenvalue weighted by atomic mass is 19.1. The van der Waals surface area contributed by atoms with Gasteiger partial charge in [0.15, 0.2) is 0 Å². The Morgan fingerprint density at radius 3 is 2.74 bits per heavy atom. The maximum atomic E-state index is 13.4. The molecular weight excluding hydrogens is 397 g/mol. The zero-order valence-corrected chi connectivity index (χ0v) is 18.1. The minimum Gasteiger partial charge on any atom is -0.493 e. The minimum absolute atomic E-state index is 0.0479. The molecule has 0 spiro atoms. The van der Waals surface area contributed by atoms with E-state index < -0.39 is 5.60 Å². The van der Waals surface area contributed by atoms with Crippen molar-refractivity contribution in [1.29, 1.82) is 0 Å². The molecule has 0 aliphatic carbocycles. The first kappa shape index (κ1) is 21.2. The minimum atomic E-state index is -0.545. The third-order valence-corrected chi connectivity index (χ3v) is 5.56. The van der Waals surface area contributed by atoms with Gasteiger partial charge in [-0.15, -0.1) is 0 Å². The summed E-state index contributed by atoms with van der Waals surface area (Å²) in [7, 11) is 0. The van der Waals surface area contributed by atoms with Crippen LogP contribution in [0.25, 0.3) is 10.9 Å². The molecule has 0 bridgehead atoms. The fraction of sp³-hybridized carbons (Fsp3) is 0.417. The molecule has 1 aromatic heterocycles. The molecule has 6 nitrogen and oxygen atoms in total. The number of hydrogen-bond acceptors (Lipinski definition) is 4. The lowest BCUT2D eigenvalue weighted by Crippen LogP contribution is -2.46. The lowest BCUT2D eigenvalue weighted by atomic mass is 9.81. The SMILES string of the molecule is CC(C)(C)OC(=O)N1CC[C@@H](c2ccc(F)cc2)[C@H](COc2ccc3[nH]ncc3c2)C1.